The molecule has 0 amide bonds. The number of aliphatic imine (C=N–C) groups is 1. The van der Waals surface area contributed by atoms with Crippen LogP contribution in [0.5, 0.6) is 5.75 Å². The molecule has 3 rings (SSSR count). The fraction of sp³-hybridized carbons (Fsp3) is 0.304. The lowest BCUT2D eigenvalue weighted by Crippen LogP contribution is -2.41. The molecule has 30 heavy (non-hydrogen) atoms. The minimum Gasteiger partial charge on any atom is -0.497 e. The monoisotopic (exact) mass is 407 g/mol. The van der Waals surface area contributed by atoms with E-state index >= 15 is 0 Å². The Labute approximate surface area is 177 Å². The Morgan fingerprint density at radius 3 is 2.63 bits per heavy atom. The van der Waals surface area contributed by atoms with Crippen LogP contribution in [0.15, 0.2) is 70.3 Å². The summed E-state index contributed by atoms with van der Waals surface area (Å²) in [5.41, 5.74) is 2.94. The molecule has 0 saturated heterocycles. The third-order valence-electron chi connectivity index (χ3n) is 4.80. The second-order valence-electron chi connectivity index (χ2n) is 7.07. The third kappa shape index (κ3) is 5.61. The zero-order chi connectivity index (χ0) is 21.3. The summed E-state index contributed by atoms with van der Waals surface area (Å²) < 4.78 is 11.0. The number of nitrogens with one attached hydrogen (secondary N) is 2. The topological polar surface area (TPSA) is 74.9 Å². The standard InChI is InChI=1S/C23H29N5O2/c1-24-23(25-14-19-16-30-22(27-19)17-9-6-5-7-10-17)26-15-21(28(2)3)18-11-8-12-20(13-18)29-4/h5-13,16,21H,14-15H2,1-4H3,(H2,24,25,26). The van der Waals surface area contributed by atoms with Gasteiger partial charge in [-0.1, -0.05) is 30.3 Å². The van der Waals surface area contributed by atoms with Gasteiger partial charge in [-0.15, -0.1) is 0 Å². The predicted molar refractivity (Wildman–Crippen MR) is 120 cm³/mol. The highest BCUT2D eigenvalue weighted by molar-refractivity contribution is 5.79. The molecule has 1 atom stereocenters. The maximum absolute atomic E-state index is 5.60. The molecule has 0 spiro atoms. The Bertz CT molecular complexity index is 953. The number of nitrogens with zero attached hydrogens (tertiary/aromatic N) is 3. The molecule has 0 radical (unpaired) electrons. The van der Waals surface area contributed by atoms with Crippen molar-refractivity contribution in [3.05, 3.63) is 72.1 Å². The van der Waals surface area contributed by atoms with E-state index < -0.39 is 0 Å². The number of methoxy groups -OCH3 is 1. The first kappa shape index (κ1) is 21.4. The van der Waals surface area contributed by atoms with Gasteiger partial charge < -0.3 is 24.7 Å². The number of aromatic nitrogens is 1. The zero-order valence-electron chi connectivity index (χ0n) is 17.9. The highest BCUT2D eigenvalue weighted by Gasteiger charge is 2.15. The van der Waals surface area contributed by atoms with Crippen LogP contribution in [-0.4, -0.2) is 50.6 Å². The average Bonchev–Trinajstić information content (AvgIpc) is 3.25. The zero-order valence-corrected chi connectivity index (χ0v) is 17.9. The summed E-state index contributed by atoms with van der Waals surface area (Å²) in [6.07, 6.45) is 1.67. The van der Waals surface area contributed by atoms with E-state index in [0.29, 0.717) is 24.9 Å². The van der Waals surface area contributed by atoms with E-state index in [-0.39, 0.29) is 6.04 Å². The normalized spacial score (nSPS) is 12.6. The summed E-state index contributed by atoms with van der Waals surface area (Å²) in [4.78, 5) is 11.0. The lowest BCUT2D eigenvalue weighted by Gasteiger charge is -2.26. The SMILES string of the molecule is CN=C(NCc1coc(-c2ccccc2)n1)NCC(c1cccc(OC)c1)N(C)C. The number of oxazole rings is 1. The number of hydrogen-bond donors (Lipinski definition) is 2. The highest BCUT2D eigenvalue weighted by Crippen LogP contribution is 2.22. The fourth-order valence-corrected chi connectivity index (χ4v) is 3.14. The number of benzene rings is 2. The van der Waals surface area contributed by atoms with Gasteiger partial charge in [0, 0.05) is 19.2 Å². The number of hydrogen-bond acceptors (Lipinski definition) is 5. The van der Waals surface area contributed by atoms with E-state index in [2.05, 4.69) is 51.7 Å². The molecule has 7 nitrogen and oxygen atoms in total. The molecule has 2 aromatic carbocycles. The van der Waals surface area contributed by atoms with Crippen molar-refractivity contribution in [1.29, 1.82) is 0 Å². The summed E-state index contributed by atoms with van der Waals surface area (Å²) in [5, 5.41) is 6.69. The first-order valence-electron chi connectivity index (χ1n) is 9.85. The number of ether oxygens (including phenoxy) is 1. The van der Waals surface area contributed by atoms with Crippen molar-refractivity contribution in [2.75, 3.05) is 34.8 Å². The third-order valence-corrected chi connectivity index (χ3v) is 4.80. The molecular weight excluding hydrogens is 378 g/mol. The Morgan fingerprint density at radius 2 is 1.93 bits per heavy atom. The van der Waals surface area contributed by atoms with E-state index in [1.165, 1.54) is 5.56 Å². The summed E-state index contributed by atoms with van der Waals surface area (Å²) in [6.45, 7) is 1.20. The van der Waals surface area contributed by atoms with Crippen LogP contribution in [0.4, 0.5) is 0 Å². The van der Waals surface area contributed by atoms with Crippen molar-refractivity contribution in [3.8, 4) is 17.2 Å². The maximum Gasteiger partial charge on any atom is 0.226 e. The molecule has 1 unspecified atom stereocenters. The number of likely N-dealkylation sites (N-methyl/N-ethyl adjacent to an activating group) is 1. The lowest BCUT2D eigenvalue weighted by atomic mass is 10.1. The Balaban J connectivity index is 1.58. The van der Waals surface area contributed by atoms with E-state index in [0.717, 1.165) is 17.0 Å². The number of rotatable bonds is 8. The van der Waals surface area contributed by atoms with Crippen LogP contribution in [-0.2, 0) is 6.54 Å². The molecular formula is C23H29N5O2. The van der Waals surface area contributed by atoms with Crippen LogP contribution in [0.25, 0.3) is 11.5 Å². The fourth-order valence-electron chi connectivity index (χ4n) is 3.14. The van der Waals surface area contributed by atoms with Gasteiger partial charge in [-0.25, -0.2) is 4.98 Å². The molecule has 0 aliphatic heterocycles. The first-order chi connectivity index (χ1) is 14.6. The van der Waals surface area contributed by atoms with Gasteiger partial charge in [0.1, 0.15) is 12.0 Å². The van der Waals surface area contributed by atoms with Crippen LogP contribution < -0.4 is 15.4 Å². The van der Waals surface area contributed by atoms with Crippen molar-refractivity contribution in [3.63, 3.8) is 0 Å². The molecule has 158 valence electrons. The first-order valence-corrected chi connectivity index (χ1v) is 9.85. The van der Waals surface area contributed by atoms with Crippen LogP contribution in [0.1, 0.15) is 17.3 Å². The van der Waals surface area contributed by atoms with Gasteiger partial charge >= 0.3 is 0 Å². The molecule has 0 aliphatic carbocycles. The smallest absolute Gasteiger partial charge is 0.226 e. The average molecular weight is 408 g/mol. The van der Waals surface area contributed by atoms with Crippen LogP contribution in [0, 0.1) is 0 Å². The molecule has 1 aromatic heterocycles. The second-order valence-corrected chi connectivity index (χ2v) is 7.07. The summed E-state index contributed by atoms with van der Waals surface area (Å²) >= 11 is 0. The van der Waals surface area contributed by atoms with Crippen LogP contribution in [0.2, 0.25) is 0 Å². The van der Waals surface area contributed by atoms with Crippen molar-refractivity contribution >= 4 is 5.96 Å². The quantitative estimate of drug-likeness (QED) is 0.441. The Morgan fingerprint density at radius 1 is 1.13 bits per heavy atom. The van der Waals surface area contributed by atoms with Crippen molar-refractivity contribution in [1.82, 2.24) is 20.5 Å². The van der Waals surface area contributed by atoms with Gasteiger partial charge in [-0.05, 0) is 43.9 Å². The van der Waals surface area contributed by atoms with Gasteiger partial charge in [0.15, 0.2) is 5.96 Å². The predicted octanol–water partition coefficient (Wildman–Crippen LogP) is 3.32. The number of guanidine groups is 1. The van der Waals surface area contributed by atoms with Crippen molar-refractivity contribution in [2.45, 2.75) is 12.6 Å². The van der Waals surface area contributed by atoms with E-state index in [1.807, 2.05) is 42.5 Å². The summed E-state index contributed by atoms with van der Waals surface area (Å²) in [7, 11) is 7.55. The molecule has 3 aromatic rings. The van der Waals surface area contributed by atoms with E-state index in [9.17, 15) is 0 Å². The van der Waals surface area contributed by atoms with Gasteiger partial charge in [0.05, 0.1) is 25.4 Å². The molecule has 7 heteroatoms. The molecule has 0 aliphatic rings. The minimum absolute atomic E-state index is 0.162. The van der Waals surface area contributed by atoms with Crippen molar-refractivity contribution < 1.29 is 9.15 Å². The van der Waals surface area contributed by atoms with Crippen molar-refractivity contribution in [2.24, 2.45) is 4.99 Å². The van der Waals surface area contributed by atoms with Gasteiger partial charge in [-0.3, -0.25) is 4.99 Å². The maximum atomic E-state index is 5.60. The van der Waals surface area contributed by atoms with Gasteiger partial charge in [0.2, 0.25) is 5.89 Å². The molecule has 2 N–H and O–H groups in total. The highest BCUT2D eigenvalue weighted by atomic mass is 16.5. The van der Waals surface area contributed by atoms with Gasteiger partial charge in [0.25, 0.3) is 0 Å². The largest absolute Gasteiger partial charge is 0.497 e. The van der Waals surface area contributed by atoms with E-state index in [4.69, 9.17) is 9.15 Å². The summed E-state index contributed by atoms with van der Waals surface area (Å²) in [5.74, 6) is 2.16. The lowest BCUT2D eigenvalue weighted by molar-refractivity contribution is 0.297. The molecule has 0 bridgehead atoms. The minimum atomic E-state index is 0.162. The molecule has 0 saturated carbocycles. The van der Waals surface area contributed by atoms with Crippen LogP contribution in [0.3, 0.4) is 0 Å². The molecule has 0 fully saturated rings. The van der Waals surface area contributed by atoms with Crippen LogP contribution >= 0.6 is 0 Å². The van der Waals surface area contributed by atoms with Gasteiger partial charge in [-0.2, -0.15) is 0 Å². The Kier molecular flexibility index (Phi) is 7.45. The second kappa shape index (κ2) is 10.5. The molecule has 1 heterocycles. The Hall–Kier alpha value is -3.32. The summed E-state index contributed by atoms with van der Waals surface area (Å²) in [6, 6.07) is 18.1. The van der Waals surface area contributed by atoms with E-state index in [1.54, 1.807) is 20.4 Å².